The van der Waals surface area contributed by atoms with Gasteiger partial charge in [-0.25, -0.2) is 0 Å². The molecule has 2 heterocycles. The number of aldehydes is 1. The highest BCUT2D eigenvalue weighted by Gasteiger charge is 2.27. The molecular formula is C14H18N2O2. The number of aromatic nitrogens is 1. The third kappa shape index (κ3) is 2.82. The van der Waals surface area contributed by atoms with Crippen LogP contribution in [0.3, 0.4) is 0 Å². The van der Waals surface area contributed by atoms with Gasteiger partial charge in [-0.05, 0) is 45.0 Å². The number of piperidine rings is 1. The van der Waals surface area contributed by atoms with Crippen molar-refractivity contribution in [2.45, 2.75) is 25.8 Å². The van der Waals surface area contributed by atoms with Crippen LogP contribution in [0.25, 0.3) is 0 Å². The molecule has 1 aromatic heterocycles. The zero-order chi connectivity index (χ0) is 13.0. The first-order valence-corrected chi connectivity index (χ1v) is 6.36. The molecule has 1 fully saturated rings. The lowest BCUT2D eigenvalue weighted by atomic mass is 9.89. The molecule has 4 heteroatoms. The zero-order valence-electron chi connectivity index (χ0n) is 10.6. The molecule has 1 unspecified atom stereocenters. The number of rotatable bonds is 4. The van der Waals surface area contributed by atoms with Gasteiger partial charge in [-0.1, -0.05) is 0 Å². The highest BCUT2D eigenvalue weighted by atomic mass is 16.1. The summed E-state index contributed by atoms with van der Waals surface area (Å²) in [5.74, 6) is 0.255. The van der Waals surface area contributed by atoms with Gasteiger partial charge < -0.3 is 4.79 Å². The lowest BCUT2D eigenvalue weighted by Gasteiger charge is -2.33. The van der Waals surface area contributed by atoms with Gasteiger partial charge in [0.05, 0.1) is 6.04 Å². The third-order valence-electron chi connectivity index (χ3n) is 3.62. The van der Waals surface area contributed by atoms with Crippen molar-refractivity contribution in [1.82, 2.24) is 9.88 Å². The molecule has 0 amide bonds. The number of hydrogen-bond acceptors (Lipinski definition) is 4. The van der Waals surface area contributed by atoms with Gasteiger partial charge in [0.2, 0.25) is 0 Å². The van der Waals surface area contributed by atoms with Gasteiger partial charge >= 0.3 is 0 Å². The average molecular weight is 246 g/mol. The molecule has 0 spiro atoms. The van der Waals surface area contributed by atoms with E-state index in [1.165, 1.54) is 0 Å². The van der Waals surface area contributed by atoms with Gasteiger partial charge in [0.15, 0.2) is 5.78 Å². The molecule has 0 radical (unpaired) electrons. The second-order valence-corrected chi connectivity index (χ2v) is 4.79. The van der Waals surface area contributed by atoms with Crippen LogP contribution >= 0.6 is 0 Å². The van der Waals surface area contributed by atoms with Crippen molar-refractivity contribution in [3.05, 3.63) is 30.1 Å². The normalized spacial score (nSPS) is 19.4. The van der Waals surface area contributed by atoms with Gasteiger partial charge in [0, 0.05) is 23.9 Å². The third-order valence-corrected chi connectivity index (χ3v) is 3.62. The maximum absolute atomic E-state index is 12.2. The maximum Gasteiger partial charge on any atom is 0.167 e. The van der Waals surface area contributed by atoms with E-state index in [-0.39, 0.29) is 17.7 Å². The highest BCUT2D eigenvalue weighted by molar-refractivity contribution is 5.97. The fourth-order valence-electron chi connectivity index (χ4n) is 2.40. The fourth-order valence-corrected chi connectivity index (χ4v) is 2.40. The summed E-state index contributed by atoms with van der Waals surface area (Å²) in [7, 11) is 0. The summed E-state index contributed by atoms with van der Waals surface area (Å²) in [4.78, 5) is 29.0. The number of Topliss-reactive ketones (excluding diaryl/α,β-unsaturated/α-hetero) is 1. The molecule has 1 aliphatic heterocycles. The van der Waals surface area contributed by atoms with Crippen LogP contribution in [0.5, 0.6) is 0 Å². The second-order valence-electron chi connectivity index (χ2n) is 4.79. The molecule has 18 heavy (non-hydrogen) atoms. The van der Waals surface area contributed by atoms with Crippen molar-refractivity contribution in [1.29, 1.82) is 0 Å². The summed E-state index contributed by atoms with van der Waals surface area (Å²) < 4.78 is 0. The molecule has 0 saturated carbocycles. The van der Waals surface area contributed by atoms with E-state index in [4.69, 9.17) is 0 Å². The van der Waals surface area contributed by atoms with Crippen LogP contribution < -0.4 is 0 Å². The SMILES string of the molecule is CC(C=O)N1CCC(C(=O)c2cccnc2)CC1. The van der Waals surface area contributed by atoms with Crippen molar-refractivity contribution in [3.8, 4) is 0 Å². The average Bonchev–Trinajstić information content (AvgIpc) is 2.47. The van der Waals surface area contributed by atoms with E-state index in [0.717, 1.165) is 32.2 Å². The molecule has 4 nitrogen and oxygen atoms in total. The Morgan fingerprint density at radius 2 is 2.22 bits per heavy atom. The summed E-state index contributed by atoms with van der Waals surface area (Å²) in [6, 6.07) is 3.56. The first-order valence-electron chi connectivity index (χ1n) is 6.36. The summed E-state index contributed by atoms with van der Waals surface area (Å²) in [5.41, 5.74) is 0.694. The Morgan fingerprint density at radius 3 is 2.78 bits per heavy atom. The maximum atomic E-state index is 12.2. The van der Waals surface area contributed by atoms with E-state index >= 15 is 0 Å². The highest BCUT2D eigenvalue weighted by Crippen LogP contribution is 2.22. The number of pyridine rings is 1. The minimum atomic E-state index is -0.0422. The predicted octanol–water partition coefficient (Wildman–Crippen LogP) is 1.56. The summed E-state index contributed by atoms with van der Waals surface area (Å²) in [5, 5.41) is 0. The molecular weight excluding hydrogens is 228 g/mol. The van der Waals surface area contributed by atoms with Gasteiger partial charge in [-0.3, -0.25) is 14.7 Å². The Hall–Kier alpha value is -1.55. The monoisotopic (exact) mass is 246 g/mol. The summed E-state index contributed by atoms with van der Waals surface area (Å²) >= 11 is 0. The standard InChI is InChI=1S/C14H18N2O2/c1-11(10-17)16-7-4-12(5-8-16)14(18)13-3-2-6-15-9-13/h2-3,6,9-12H,4-5,7-8H2,1H3. The predicted molar refractivity (Wildman–Crippen MR) is 68.4 cm³/mol. The number of likely N-dealkylation sites (tertiary alicyclic amines) is 1. The van der Waals surface area contributed by atoms with E-state index in [1.54, 1.807) is 18.5 Å². The Kier molecular flexibility index (Phi) is 4.20. The van der Waals surface area contributed by atoms with Crippen LogP contribution in [0, 0.1) is 5.92 Å². The van der Waals surface area contributed by atoms with E-state index < -0.39 is 0 Å². The van der Waals surface area contributed by atoms with E-state index in [9.17, 15) is 9.59 Å². The lowest BCUT2D eigenvalue weighted by molar-refractivity contribution is -0.112. The zero-order valence-corrected chi connectivity index (χ0v) is 10.6. The van der Waals surface area contributed by atoms with Crippen LogP contribution in [0.15, 0.2) is 24.5 Å². The largest absolute Gasteiger partial charge is 0.302 e. The van der Waals surface area contributed by atoms with Crippen molar-refractivity contribution in [2.75, 3.05) is 13.1 Å². The molecule has 0 bridgehead atoms. The van der Waals surface area contributed by atoms with Gasteiger partial charge in [0.25, 0.3) is 0 Å². The quantitative estimate of drug-likeness (QED) is 0.597. The molecule has 96 valence electrons. The van der Waals surface area contributed by atoms with Crippen molar-refractivity contribution in [2.24, 2.45) is 5.92 Å². The number of carbonyl (C=O) groups is 2. The van der Waals surface area contributed by atoms with Crippen LogP contribution in [-0.2, 0) is 4.79 Å². The lowest BCUT2D eigenvalue weighted by Crippen LogP contribution is -2.42. The van der Waals surface area contributed by atoms with Crippen molar-refractivity contribution >= 4 is 12.1 Å². The van der Waals surface area contributed by atoms with Gasteiger partial charge in [-0.2, -0.15) is 0 Å². The van der Waals surface area contributed by atoms with Crippen LogP contribution in [0.2, 0.25) is 0 Å². The molecule has 1 saturated heterocycles. The first kappa shape index (κ1) is 12.9. The van der Waals surface area contributed by atoms with Gasteiger partial charge in [0.1, 0.15) is 6.29 Å². The fraction of sp³-hybridized carbons (Fsp3) is 0.500. The van der Waals surface area contributed by atoms with Crippen molar-refractivity contribution in [3.63, 3.8) is 0 Å². The number of ketones is 1. The smallest absolute Gasteiger partial charge is 0.167 e. The molecule has 0 aromatic carbocycles. The van der Waals surface area contributed by atoms with E-state index in [0.29, 0.717) is 5.56 Å². The molecule has 0 N–H and O–H groups in total. The Balaban J connectivity index is 1.94. The van der Waals surface area contributed by atoms with Crippen LogP contribution in [0.4, 0.5) is 0 Å². The molecule has 1 aromatic rings. The van der Waals surface area contributed by atoms with Crippen LogP contribution in [-0.4, -0.2) is 41.1 Å². The topological polar surface area (TPSA) is 50.3 Å². The molecule has 1 aliphatic rings. The number of carbonyl (C=O) groups excluding carboxylic acids is 2. The molecule has 2 rings (SSSR count). The van der Waals surface area contributed by atoms with Crippen molar-refractivity contribution < 1.29 is 9.59 Å². The minimum absolute atomic E-state index is 0.0422. The first-order chi connectivity index (χ1) is 8.72. The molecule has 0 aliphatic carbocycles. The number of hydrogen-bond donors (Lipinski definition) is 0. The minimum Gasteiger partial charge on any atom is -0.302 e. The molecule has 1 atom stereocenters. The second kappa shape index (κ2) is 5.87. The number of nitrogens with zero attached hydrogens (tertiary/aromatic N) is 2. The summed E-state index contributed by atoms with van der Waals surface area (Å²) in [6.07, 6.45) is 5.91. The Labute approximate surface area is 107 Å². The summed E-state index contributed by atoms with van der Waals surface area (Å²) in [6.45, 7) is 3.53. The van der Waals surface area contributed by atoms with E-state index in [1.807, 2.05) is 13.0 Å². The van der Waals surface area contributed by atoms with Gasteiger partial charge in [-0.15, -0.1) is 0 Å². The van der Waals surface area contributed by atoms with E-state index in [2.05, 4.69) is 9.88 Å². The Morgan fingerprint density at radius 1 is 1.50 bits per heavy atom. The Bertz CT molecular complexity index is 411. The van der Waals surface area contributed by atoms with Crippen LogP contribution in [0.1, 0.15) is 30.1 Å².